The average Bonchev–Trinajstić information content (AvgIpc) is 3.25. The molecule has 0 radical (unpaired) electrons. The predicted octanol–water partition coefficient (Wildman–Crippen LogP) is 1.73. The molecule has 3 saturated heterocycles. The maximum atomic E-state index is 12.6. The molecule has 0 unspecified atom stereocenters. The van der Waals surface area contributed by atoms with Crippen molar-refractivity contribution in [2.45, 2.75) is 44.1 Å². The molecule has 4 heterocycles. The summed E-state index contributed by atoms with van der Waals surface area (Å²) in [6.07, 6.45) is 2.94. The molecule has 6 heteroatoms. The van der Waals surface area contributed by atoms with Gasteiger partial charge >= 0.3 is 0 Å². The third kappa shape index (κ3) is 3.31. The fraction of sp³-hybridized carbons (Fsp3) is 0.706. The maximum absolute atomic E-state index is 12.6. The van der Waals surface area contributed by atoms with Crippen molar-refractivity contribution < 1.29 is 14.3 Å². The van der Waals surface area contributed by atoms with Crippen LogP contribution in [0.5, 0.6) is 0 Å². The fourth-order valence-electron chi connectivity index (χ4n) is 3.98. The van der Waals surface area contributed by atoms with Gasteiger partial charge in [0, 0.05) is 37.1 Å². The highest BCUT2D eigenvalue weighted by atomic mass is 32.1. The van der Waals surface area contributed by atoms with Crippen LogP contribution in [0.1, 0.15) is 24.1 Å². The van der Waals surface area contributed by atoms with Gasteiger partial charge < -0.3 is 14.4 Å². The summed E-state index contributed by atoms with van der Waals surface area (Å²) in [6, 6.07) is 4.79. The Bertz CT molecular complexity index is 530. The number of thiophene rings is 1. The summed E-state index contributed by atoms with van der Waals surface area (Å²) in [7, 11) is 0. The number of amides is 1. The van der Waals surface area contributed by atoms with Gasteiger partial charge in [-0.25, -0.2) is 0 Å². The first-order chi connectivity index (χ1) is 11.3. The Labute approximate surface area is 141 Å². The molecule has 3 aliphatic heterocycles. The number of morpholine rings is 1. The van der Waals surface area contributed by atoms with Crippen LogP contribution in [0, 0.1) is 0 Å². The number of hydrogen-bond acceptors (Lipinski definition) is 5. The van der Waals surface area contributed by atoms with Crippen molar-refractivity contribution >= 4 is 17.2 Å². The minimum absolute atomic E-state index is 0.170. The minimum atomic E-state index is -0.240. The average molecular weight is 336 g/mol. The molecule has 4 rings (SSSR count). The zero-order valence-corrected chi connectivity index (χ0v) is 14.2. The number of carbonyl (C=O) groups excluding carboxylic acids is 1. The first-order valence-corrected chi connectivity index (χ1v) is 9.47. The van der Waals surface area contributed by atoms with E-state index in [9.17, 15) is 4.79 Å². The molecule has 3 atom stereocenters. The van der Waals surface area contributed by atoms with Gasteiger partial charge in [0.2, 0.25) is 0 Å². The largest absolute Gasteiger partial charge is 0.378 e. The van der Waals surface area contributed by atoms with Gasteiger partial charge in [-0.15, -0.1) is 11.3 Å². The number of likely N-dealkylation sites (tertiary alicyclic amines) is 1. The highest BCUT2D eigenvalue weighted by Crippen LogP contribution is 2.33. The summed E-state index contributed by atoms with van der Waals surface area (Å²) >= 11 is 1.82. The van der Waals surface area contributed by atoms with E-state index >= 15 is 0 Å². The molecule has 3 aliphatic rings. The monoisotopic (exact) mass is 336 g/mol. The standard InChI is InChI=1S/C17H24N2O3S/c20-17(18-7-9-21-10-8-18)16-4-3-14-15(22-16)5-6-19(14)12-13-2-1-11-23-13/h1-2,11,14-16H,3-10,12H2/t14-,15-,16-/m0/s1. The van der Waals surface area contributed by atoms with Gasteiger partial charge in [-0.05, 0) is 30.7 Å². The zero-order chi connectivity index (χ0) is 15.6. The first-order valence-electron chi connectivity index (χ1n) is 8.60. The van der Waals surface area contributed by atoms with Crippen LogP contribution < -0.4 is 0 Å². The van der Waals surface area contributed by atoms with Gasteiger partial charge in [0.05, 0.1) is 19.3 Å². The third-order valence-corrected chi connectivity index (χ3v) is 6.06. The predicted molar refractivity (Wildman–Crippen MR) is 88.4 cm³/mol. The van der Waals surface area contributed by atoms with Crippen LogP contribution in [0.2, 0.25) is 0 Å². The molecule has 0 bridgehead atoms. The number of rotatable bonds is 3. The molecule has 0 aliphatic carbocycles. The molecular weight excluding hydrogens is 312 g/mol. The molecule has 0 aromatic carbocycles. The lowest BCUT2D eigenvalue weighted by molar-refractivity contribution is -0.158. The van der Waals surface area contributed by atoms with E-state index in [1.54, 1.807) is 0 Å². The van der Waals surface area contributed by atoms with Crippen molar-refractivity contribution in [1.82, 2.24) is 9.80 Å². The van der Waals surface area contributed by atoms with E-state index in [4.69, 9.17) is 9.47 Å². The quantitative estimate of drug-likeness (QED) is 0.843. The molecule has 3 fully saturated rings. The molecule has 0 N–H and O–H groups in total. The molecule has 126 valence electrons. The van der Waals surface area contributed by atoms with Crippen LogP contribution in [-0.2, 0) is 20.8 Å². The van der Waals surface area contributed by atoms with E-state index in [0.29, 0.717) is 32.3 Å². The van der Waals surface area contributed by atoms with Gasteiger partial charge in [-0.3, -0.25) is 9.69 Å². The van der Waals surface area contributed by atoms with E-state index in [1.165, 1.54) is 4.88 Å². The van der Waals surface area contributed by atoms with E-state index in [1.807, 2.05) is 16.2 Å². The second-order valence-corrected chi connectivity index (χ2v) is 7.62. The Morgan fingerprint density at radius 1 is 1.22 bits per heavy atom. The van der Waals surface area contributed by atoms with Crippen LogP contribution in [0.4, 0.5) is 0 Å². The molecule has 1 aromatic rings. The number of fused-ring (bicyclic) bond motifs is 1. The van der Waals surface area contributed by atoms with Gasteiger partial charge in [0.15, 0.2) is 0 Å². The summed E-state index contributed by atoms with van der Waals surface area (Å²) in [4.78, 5) is 18.5. The van der Waals surface area contributed by atoms with Crippen molar-refractivity contribution in [1.29, 1.82) is 0 Å². The van der Waals surface area contributed by atoms with E-state index in [0.717, 1.165) is 32.4 Å². The van der Waals surface area contributed by atoms with Gasteiger partial charge in [0.1, 0.15) is 6.10 Å². The fourth-order valence-corrected chi connectivity index (χ4v) is 4.71. The Hall–Kier alpha value is -0.950. The van der Waals surface area contributed by atoms with Crippen molar-refractivity contribution in [3.8, 4) is 0 Å². The smallest absolute Gasteiger partial charge is 0.251 e. The summed E-state index contributed by atoms with van der Waals surface area (Å²) in [5.74, 6) is 0.170. The third-order valence-electron chi connectivity index (χ3n) is 5.20. The highest BCUT2D eigenvalue weighted by Gasteiger charge is 2.42. The molecule has 1 amide bonds. The molecule has 0 spiro atoms. The topological polar surface area (TPSA) is 42.0 Å². The second kappa shape index (κ2) is 6.89. The van der Waals surface area contributed by atoms with Crippen LogP contribution in [0.25, 0.3) is 0 Å². The van der Waals surface area contributed by atoms with Gasteiger partial charge in [-0.1, -0.05) is 6.07 Å². The summed E-state index contributed by atoms with van der Waals surface area (Å²) in [5.41, 5.74) is 0. The van der Waals surface area contributed by atoms with Crippen LogP contribution in [0.15, 0.2) is 17.5 Å². The number of ether oxygens (including phenoxy) is 2. The van der Waals surface area contributed by atoms with E-state index < -0.39 is 0 Å². The summed E-state index contributed by atoms with van der Waals surface area (Å²) < 4.78 is 11.5. The van der Waals surface area contributed by atoms with Crippen LogP contribution in [0.3, 0.4) is 0 Å². The lowest BCUT2D eigenvalue weighted by atomic mass is 9.98. The number of carbonyl (C=O) groups is 1. The molecule has 0 saturated carbocycles. The number of nitrogens with zero attached hydrogens (tertiary/aromatic N) is 2. The van der Waals surface area contributed by atoms with E-state index in [2.05, 4.69) is 22.4 Å². The Morgan fingerprint density at radius 3 is 2.87 bits per heavy atom. The van der Waals surface area contributed by atoms with Crippen LogP contribution in [-0.4, -0.2) is 66.8 Å². The SMILES string of the molecule is O=C([C@@H]1CC[C@H]2[C@H](CCN2Cc2cccs2)O1)N1CCOCC1. The Kier molecular flexibility index (Phi) is 4.66. The molecule has 23 heavy (non-hydrogen) atoms. The lowest BCUT2D eigenvalue weighted by Crippen LogP contribution is -2.51. The van der Waals surface area contributed by atoms with Crippen LogP contribution >= 0.6 is 11.3 Å². The van der Waals surface area contributed by atoms with Gasteiger partial charge in [-0.2, -0.15) is 0 Å². The highest BCUT2D eigenvalue weighted by molar-refractivity contribution is 7.09. The normalized spacial score (nSPS) is 32.0. The summed E-state index contributed by atoms with van der Waals surface area (Å²) in [6.45, 7) is 4.81. The van der Waals surface area contributed by atoms with Crippen molar-refractivity contribution in [2.24, 2.45) is 0 Å². The summed E-state index contributed by atoms with van der Waals surface area (Å²) in [5, 5.41) is 2.14. The maximum Gasteiger partial charge on any atom is 0.251 e. The van der Waals surface area contributed by atoms with Gasteiger partial charge in [0.25, 0.3) is 5.91 Å². The molecular formula is C17H24N2O3S. The van der Waals surface area contributed by atoms with Crippen molar-refractivity contribution in [3.63, 3.8) is 0 Å². The first kappa shape index (κ1) is 15.6. The van der Waals surface area contributed by atoms with E-state index in [-0.39, 0.29) is 18.1 Å². The lowest BCUT2D eigenvalue weighted by Gasteiger charge is -2.38. The molecule has 1 aromatic heterocycles. The Morgan fingerprint density at radius 2 is 2.09 bits per heavy atom. The number of hydrogen-bond donors (Lipinski definition) is 0. The Balaban J connectivity index is 1.34. The van der Waals surface area contributed by atoms with Crippen molar-refractivity contribution in [3.05, 3.63) is 22.4 Å². The minimum Gasteiger partial charge on any atom is -0.378 e. The van der Waals surface area contributed by atoms with Crippen molar-refractivity contribution in [2.75, 3.05) is 32.8 Å². The second-order valence-electron chi connectivity index (χ2n) is 6.58. The zero-order valence-electron chi connectivity index (χ0n) is 13.4. The molecule has 5 nitrogen and oxygen atoms in total.